The number of rotatable bonds is 3. The monoisotopic (exact) mass is 185 g/mol. The van der Waals surface area contributed by atoms with Crippen LogP contribution >= 0.6 is 0 Å². The lowest BCUT2D eigenvalue weighted by atomic mass is 9.98. The smallest absolute Gasteiger partial charge is 0.246 e. The standard InChI is InChI=1S/C10H13F2N/c1-7-3-2-4-8(5-7)9(6-13)10(11)12/h2-5,9-10H,6,13H2,1H3. The van der Waals surface area contributed by atoms with E-state index in [0.29, 0.717) is 5.56 Å². The first kappa shape index (κ1) is 10.1. The van der Waals surface area contributed by atoms with Crippen LogP contribution in [0, 0.1) is 6.92 Å². The fourth-order valence-electron chi connectivity index (χ4n) is 1.29. The van der Waals surface area contributed by atoms with Gasteiger partial charge < -0.3 is 5.73 Å². The maximum atomic E-state index is 12.4. The second kappa shape index (κ2) is 4.33. The minimum absolute atomic E-state index is 0.0128. The molecule has 1 aromatic carbocycles. The molecule has 0 heterocycles. The van der Waals surface area contributed by atoms with Crippen molar-refractivity contribution in [2.75, 3.05) is 6.54 Å². The van der Waals surface area contributed by atoms with Crippen molar-refractivity contribution < 1.29 is 8.78 Å². The summed E-state index contributed by atoms with van der Waals surface area (Å²) in [6.07, 6.45) is -2.38. The van der Waals surface area contributed by atoms with Gasteiger partial charge in [-0.05, 0) is 12.5 Å². The van der Waals surface area contributed by atoms with Gasteiger partial charge in [0.15, 0.2) is 0 Å². The van der Waals surface area contributed by atoms with Crippen molar-refractivity contribution in [2.45, 2.75) is 19.3 Å². The Hall–Kier alpha value is -0.960. The summed E-state index contributed by atoms with van der Waals surface area (Å²) in [5.74, 6) is -0.833. The largest absolute Gasteiger partial charge is 0.330 e. The Morgan fingerprint density at radius 3 is 2.54 bits per heavy atom. The number of alkyl halides is 2. The van der Waals surface area contributed by atoms with Gasteiger partial charge in [0.1, 0.15) is 0 Å². The number of aryl methyl sites for hydroxylation is 1. The molecule has 1 atom stereocenters. The summed E-state index contributed by atoms with van der Waals surface area (Å²) in [5, 5.41) is 0. The lowest BCUT2D eigenvalue weighted by Crippen LogP contribution is -2.19. The first-order valence-electron chi connectivity index (χ1n) is 4.20. The van der Waals surface area contributed by atoms with Crippen LogP contribution in [-0.4, -0.2) is 13.0 Å². The molecule has 0 amide bonds. The molecule has 0 aliphatic heterocycles. The van der Waals surface area contributed by atoms with E-state index < -0.39 is 12.3 Å². The lowest BCUT2D eigenvalue weighted by molar-refractivity contribution is 0.117. The Balaban J connectivity index is 2.91. The maximum Gasteiger partial charge on any atom is 0.246 e. The zero-order valence-electron chi connectivity index (χ0n) is 7.50. The van der Waals surface area contributed by atoms with Crippen LogP contribution in [-0.2, 0) is 0 Å². The predicted octanol–water partition coefficient (Wildman–Crippen LogP) is 2.30. The third-order valence-electron chi connectivity index (χ3n) is 2.03. The molecule has 0 radical (unpaired) electrons. The van der Waals surface area contributed by atoms with Gasteiger partial charge in [-0.15, -0.1) is 0 Å². The van der Waals surface area contributed by atoms with Crippen molar-refractivity contribution in [3.63, 3.8) is 0 Å². The van der Waals surface area contributed by atoms with Gasteiger partial charge in [-0.1, -0.05) is 29.8 Å². The molecule has 1 rings (SSSR count). The fraction of sp³-hybridized carbons (Fsp3) is 0.400. The second-order valence-corrected chi connectivity index (χ2v) is 3.09. The number of nitrogens with two attached hydrogens (primary N) is 1. The third kappa shape index (κ3) is 2.49. The van der Waals surface area contributed by atoms with E-state index in [2.05, 4.69) is 0 Å². The van der Waals surface area contributed by atoms with Gasteiger partial charge in [-0.2, -0.15) is 0 Å². The number of hydrogen-bond acceptors (Lipinski definition) is 1. The average Bonchev–Trinajstić information content (AvgIpc) is 2.04. The molecule has 0 fully saturated rings. The molecular formula is C10H13F2N. The van der Waals surface area contributed by atoms with Gasteiger partial charge >= 0.3 is 0 Å². The van der Waals surface area contributed by atoms with E-state index in [0.717, 1.165) is 5.56 Å². The quantitative estimate of drug-likeness (QED) is 0.768. The number of benzene rings is 1. The molecule has 0 saturated carbocycles. The molecule has 0 spiro atoms. The lowest BCUT2D eigenvalue weighted by Gasteiger charge is -2.14. The van der Waals surface area contributed by atoms with E-state index in [9.17, 15) is 8.78 Å². The molecule has 13 heavy (non-hydrogen) atoms. The molecule has 2 N–H and O–H groups in total. The van der Waals surface area contributed by atoms with Crippen LogP contribution in [0.15, 0.2) is 24.3 Å². The Bertz CT molecular complexity index is 273. The van der Waals surface area contributed by atoms with Crippen LogP contribution in [0.3, 0.4) is 0 Å². The highest BCUT2D eigenvalue weighted by Gasteiger charge is 2.20. The van der Waals surface area contributed by atoms with Gasteiger partial charge in [-0.3, -0.25) is 0 Å². The molecule has 0 aliphatic rings. The molecule has 0 aromatic heterocycles. The van der Waals surface area contributed by atoms with Gasteiger partial charge in [-0.25, -0.2) is 8.78 Å². The van der Waals surface area contributed by atoms with E-state index in [1.54, 1.807) is 18.2 Å². The first-order valence-corrected chi connectivity index (χ1v) is 4.20. The topological polar surface area (TPSA) is 26.0 Å². The summed E-state index contributed by atoms with van der Waals surface area (Å²) in [5.41, 5.74) is 6.88. The Morgan fingerprint density at radius 1 is 1.38 bits per heavy atom. The molecule has 0 saturated heterocycles. The number of halogens is 2. The van der Waals surface area contributed by atoms with E-state index in [4.69, 9.17) is 5.73 Å². The number of hydrogen-bond donors (Lipinski definition) is 1. The molecule has 72 valence electrons. The van der Waals surface area contributed by atoms with E-state index >= 15 is 0 Å². The van der Waals surface area contributed by atoms with Crippen molar-refractivity contribution in [2.24, 2.45) is 5.73 Å². The van der Waals surface area contributed by atoms with Crippen LogP contribution in [0.2, 0.25) is 0 Å². The average molecular weight is 185 g/mol. The summed E-state index contributed by atoms with van der Waals surface area (Å²) in [7, 11) is 0. The summed E-state index contributed by atoms with van der Waals surface area (Å²) >= 11 is 0. The molecule has 3 heteroatoms. The minimum Gasteiger partial charge on any atom is -0.330 e. The summed E-state index contributed by atoms with van der Waals surface area (Å²) in [6, 6.07) is 7.10. The van der Waals surface area contributed by atoms with Crippen molar-refractivity contribution in [3.8, 4) is 0 Å². The second-order valence-electron chi connectivity index (χ2n) is 3.09. The normalized spacial score (nSPS) is 13.3. The van der Waals surface area contributed by atoms with Gasteiger partial charge in [0.2, 0.25) is 6.43 Å². The van der Waals surface area contributed by atoms with Gasteiger partial charge in [0.25, 0.3) is 0 Å². The molecule has 1 nitrogen and oxygen atoms in total. The van der Waals surface area contributed by atoms with Crippen molar-refractivity contribution >= 4 is 0 Å². The highest BCUT2D eigenvalue weighted by atomic mass is 19.3. The third-order valence-corrected chi connectivity index (χ3v) is 2.03. The van der Waals surface area contributed by atoms with Crippen molar-refractivity contribution in [1.82, 2.24) is 0 Å². The highest BCUT2D eigenvalue weighted by molar-refractivity contribution is 5.26. The van der Waals surface area contributed by atoms with Crippen molar-refractivity contribution in [3.05, 3.63) is 35.4 Å². The zero-order chi connectivity index (χ0) is 9.84. The fourth-order valence-corrected chi connectivity index (χ4v) is 1.29. The summed E-state index contributed by atoms with van der Waals surface area (Å²) in [4.78, 5) is 0. The Labute approximate surface area is 76.6 Å². The first-order chi connectivity index (χ1) is 6.15. The Morgan fingerprint density at radius 2 is 2.08 bits per heavy atom. The summed E-state index contributed by atoms with van der Waals surface area (Å²) < 4.78 is 24.9. The van der Waals surface area contributed by atoms with Crippen LogP contribution in [0.4, 0.5) is 8.78 Å². The van der Waals surface area contributed by atoms with Crippen LogP contribution < -0.4 is 5.73 Å². The van der Waals surface area contributed by atoms with Crippen LogP contribution in [0.25, 0.3) is 0 Å². The van der Waals surface area contributed by atoms with Gasteiger partial charge in [0.05, 0.1) is 5.92 Å². The minimum atomic E-state index is -2.38. The zero-order valence-corrected chi connectivity index (χ0v) is 7.50. The SMILES string of the molecule is Cc1cccc(C(CN)C(F)F)c1. The van der Waals surface area contributed by atoms with E-state index in [1.807, 2.05) is 13.0 Å². The Kier molecular flexibility index (Phi) is 3.37. The summed E-state index contributed by atoms with van der Waals surface area (Å²) in [6.45, 7) is 1.86. The van der Waals surface area contributed by atoms with E-state index in [-0.39, 0.29) is 6.54 Å². The van der Waals surface area contributed by atoms with Crippen LogP contribution in [0.5, 0.6) is 0 Å². The van der Waals surface area contributed by atoms with Crippen molar-refractivity contribution in [1.29, 1.82) is 0 Å². The molecular weight excluding hydrogens is 172 g/mol. The predicted molar refractivity (Wildman–Crippen MR) is 49.0 cm³/mol. The highest BCUT2D eigenvalue weighted by Crippen LogP contribution is 2.22. The van der Waals surface area contributed by atoms with E-state index in [1.165, 1.54) is 0 Å². The van der Waals surface area contributed by atoms with Crippen LogP contribution in [0.1, 0.15) is 17.0 Å². The van der Waals surface area contributed by atoms with Gasteiger partial charge in [0, 0.05) is 6.54 Å². The molecule has 0 aliphatic carbocycles. The molecule has 0 bridgehead atoms. The maximum absolute atomic E-state index is 12.4. The molecule has 1 unspecified atom stereocenters. The molecule has 1 aromatic rings.